The summed E-state index contributed by atoms with van der Waals surface area (Å²) in [4.78, 5) is 11.3. The minimum Gasteiger partial charge on any atom is -0.488 e. The molecule has 7 nitrogen and oxygen atoms in total. The Hall–Kier alpha value is -2.31. The van der Waals surface area contributed by atoms with Gasteiger partial charge in [0.2, 0.25) is 5.91 Å². The number of carbonyl (C=O) groups excluding carboxylic acids is 1. The zero-order valence-corrected chi connectivity index (χ0v) is 10.4. The summed E-state index contributed by atoms with van der Waals surface area (Å²) in [6.45, 7) is 2.57. The van der Waals surface area contributed by atoms with E-state index >= 15 is 0 Å². The molecule has 100 valence electrons. The van der Waals surface area contributed by atoms with Crippen LogP contribution in [0.5, 0.6) is 11.5 Å². The van der Waals surface area contributed by atoms with E-state index in [9.17, 15) is 4.79 Å². The molecule has 0 radical (unpaired) electrons. The second-order valence-electron chi connectivity index (χ2n) is 4.30. The molecule has 0 bridgehead atoms. The molecule has 1 aromatic carbocycles. The first-order chi connectivity index (χ1) is 9.25. The summed E-state index contributed by atoms with van der Waals surface area (Å²) < 4.78 is 16.1. The minimum atomic E-state index is -0.191. The number of aromatic nitrogens is 2. The average Bonchev–Trinajstić information content (AvgIpc) is 2.76. The predicted molar refractivity (Wildman–Crippen MR) is 66.3 cm³/mol. The maximum Gasteiger partial charge on any atom is 0.221 e. The molecule has 3 rings (SSSR count). The number of nitrogens with zero attached hydrogens (tertiary/aromatic N) is 2. The normalized spacial score (nSPS) is 14.8. The van der Waals surface area contributed by atoms with Crippen LogP contribution in [0.2, 0.25) is 0 Å². The number of fused-ring (bicyclic) bond motifs is 3. The van der Waals surface area contributed by atoms with Gasteiger partial charge in [-0.05, 0) is 29.2 Å². The highest BCUT2D eigenvalue weighted by Gasteiger charge is 2.22. The molecule has 2 heterocycles. The number of anilines is 1. The molecule has 19 heavy (non-hydrogen) atoms. The lowest BCUT2D eigenvalue weighted by Gasteiger charge is -2.19. The Morgan fingerprint density at radius 1 is 1.21 bits per heavy atom. The van der Waals surface area contributed by atoms with E-state index in [2.05, 4.69) is 15.6 Å². The van der Waals surface area contributed by atoms with Gasteiger partial charge >= 0.3 is 0 Å². The van der Waals surface area contributed by atoms with Crippen LogP contribution in [0.15, 0.2) is 10.7 Å². The lowest BCUT2D eigenvalue weighted by Crippen LogP contribution is -2.13. The SMILES string of the molecule is CC(=O)Nc1cc2nonc2c2c1OCCCCO2. The third-order valence-corrected chi connectivity index (χ3v) is 2.80. The highest BCUT2D eigenvalue weighted by molar-refractivity contribution is 5.97. The van der Waals surface area contributed by atoms with Gasteiger partial charge in [0.25, 0.3) is 0 Å². The number of hydrogen-bond donors (Lipinski definition) is 1. The van der Waals surface area contributed by atoms with Crippen LogP contribution in [-0.4, -0.2) is 29.4 Å². The summed E-state index contributed by atoms with van der Waals surface area (Å²) in [5.74, 6) is 0.768. The van der Waals surface area contributed by atoms with Crippen LogP contribution >= 0.6 is 0 Å². The standard InChI is InChI=1S/C12H13N3O4/c1-7(16)13-9-6-8-10(15-19-14-8)12-11(9)17-4-2-3-5-18-12/h6H,2-5H2,1H3,(H,13,16). The summed E-state index contributed by atoms with van der Waals surface area (Å²) in [5, 5.41) is 10.3. The molecule has 0 atom stereocenters. The van der Waals surface area contributed by atoms with Gasteiger partial charge in [0.1, 0.15) is 5.52 Å². The predicted octanol–water partition coefficient (Wildman–Crippen LogP) is 1.73. The lowest BCUT2D eigenvalue weighted by atomic mass is 10.2. The highest BCUT2D eigenvalue weighted by atomic mass is 16.6. The molecule has 1 amide bonds. The van der Waals surface area contributed by atoms with Crippen molar-refractivity contribution in [3.8, 4) is 11.5 Å². The number of hydrogen-bond acceptors (Lipinski definition) is 6. The average molecular weight is 263 g/mol. The van der Waals surface area contributed by atoms with E-state index in [0.717, 1.165) is 12.8 Å². The van der Waals surface area contributed by atoms with Gasteiger partial charge in [0.15, 0.2) is 17.0 Å². The molecule has 1 aliphatic heterocycles. The van der Waals surface area contributed by atoms with Crippen LogP contribution in [0, 0.1) is 0 Å². The van der Waals surface area contributed by atoms with Crippen molar-refractivity contribution in [2.75, 3.05) is 18.5 Å². The molecule has 0 unspecified atom stereocenters. The van der Waals surface area contributed by atoms with Gasteiger partial charge in [-0.1, -0.05) is 0 Å². The van der Waals surface area contributed by atoms with E-state index in [1.54, 1.807) is 6.07 Å². The Labute approximate surface area is 108 Å². The van der Waals surface area contributed by atoms with Crippen molar-refractivity contribution in [2.24, 2.45) is 0 Å². The fraction of sp³-hybridized carbons (Fsp3) is 0.417. The second kappa shape index (κ2) is 4.75. The van der Waals surface area contributed by atoms with Gasteiger partial charge in [-0.3, -0.25) is 4.79 Å². The van der Waals surface area contributed by atoms with Crippen LogP contribution in [0.25, 0.3) is 11.0 Å². The van der Waals surface area contributed by atoms with Crippen LogP contribution in [0.3, 0.4) is 0 Å². The summed E-state index contributed by atoms with van der Waals surface area (Å²) in [7, 11) is 0. The minimum absolute atomic E-state index is 0.191. The first-order valence-corrected chi connectivity index (χ1v) is 6.08. The third-order valence-electron chi connectivity index (χ3n) is 2.80. The summed E-state index contributed by atoms with van der Waals surface area (Å²) in [6, 6.07) is 1.66. The largest absolute Gasteiger partial charge is 0.488 e. The van der Waals surface area contributed by atoms with Gasteiger partial charge in [-0.2, -0.15) is 0 Å². The molecule has 0 fully saturated rings. The summed E-state index contributed by atoms with van der Waals surface area (Å²) >= 11 is 0. The first-order valence-electron chi connectivity index (χ1n) is 6.08. The molecule has 0 saturated carbocycles. The fourth-order valence-corrected chi connectivity index (χ4v) is 1.99. The highest BCUT2D eigenvalue weighted by Crippen LogP contribution is 2.42. The topological polar surface area (TPSA) is 86.5 Å². The first kappa shape index (κ1) is 11.8. The van der Waals surface area contributed by atoms with Crippen LogP contribution in [0.4, 0.5) is 5.69 Å². The molecule has 1 N–H and O–H groups in total. The number of rotatable bonds is 1. The Bertz CT molecular complexity index is 623. The van der Waals surface area contributed by atoms with Crippen molar-refractivity contribution in [3.63, 3.8) is 0 Å². The van der Waals surface area contributed by atoms with Crippen molar-refractivity contribution < 1.29 is 18.9 Å². The molecule has 2 aromatic rings. The molecule has 0 saturated heterocycles. The van der Waals surface area contributed by atoms with Crippen molar-refractivity contribution in [2.45, 2.75) is 19.8 Å². The Morgan fingerprint density at radius 3 is 2.68 bits per heavy atom. The second-order valence-corrected chi connectivity index (χ2v) is 4.30. The monoisotopic (exact) mass is 263 g/mol. The Balaban J connectivity index is 2.17. The molecule has 7 heteroatoms. The van der Waals surface area contributed by atoms with Crippen LogP contribution in [-0.2, 0) is 4.79 Å². The van der Waals surface area contributed by atoms with Crippen molar-refractivity contribution in [1.82, 2.24) is 10.3 Å². The maximum atomic E-state index is 11.3. The molecule has 1 aromatic heterocycles. The third kappa shape index (κ3) is 2.18. The van der Waals surface area contributed by atoms with Crippen LogP contribution in [0.1, 0.15) is 19.8 Å². The van der Waals surface area contributed by atoms with Gasteiger partial charge in [0.05, 0.1) is 18.9 Å². The lowest BCUT2D eigenvalue weighted by molar-refractivity contribution is -0.114. The van der Waals surface area contributed by atoms with E-state index in [1.165, 1.54) is 6.92 Å². The van der Waals surface area contributed by atoms with Crippen molar-refractivity contribution in [1.29, 1.82) is 0 Å². The van der Waals surface area contributed by atoms with Gasteiger partial charge in [0, 0.05) is 6.92 Å². The Morgan fingerprint density at radius 2 is 1.95 bits per heavy atom. The van der Waals surface area contributed by atoms with E-state index < -0.39 is 0 Å². The maximum absolute atomic E-state index is 11.3. The van der Waals surface area contributed by atoms with Gasteiger partial charge in [-0.15, -0.1) is 0 Å². The molecular weight excluding hydrogens is 250 g/mol. The zero-order valence-electron chi connectivity index (χ0n) is 10.4. The fourth-order valence-electron chi connectivity index (χ4n) is 1.99. The van der Waals surface area contributed by atoms with E-state index in [-0.39, 0.29) is 5.91 Å². The van der Waals surface area contributed by atoms with E-state index in [0.29, 0.717) is 41.4 Å². The zero-order chi connectivity index (χ0) is 13.2. The number of benzene rings is 1. The van der Waals surface area contributed by atoms with Crippen LogP contribution < -0.4 is 14.8 Å². The Kier molecular flexibility index (Phi) is 2.94. The molecule has 1 aliphatic rings. The molecular formula is C12H13N3O4. The number of carbonyl (C=O) groups is 1. The van der Waals surface area contributed by atoms with Gasteiger partial charge in [-0.25, -0.2) is 4.63 Å². The number of nitrogens with one attached hydrogen (secondary N) is 1. The smallest absolute Gasteiger partial charge is 0.221 e. The number of ether oxygens (including phenoxy) is 2. The van der Waals surface area contributed by atoms with E-state index in [1.807, 2.05) is 0 Å². The summed E-state index contributed by atoms with van der Waals surface area (Å²) in [5.41, 5.74) is 1.55. The molecule has 0 spiro atoms. The van der Waals surface area contributed by atoms with Gasteiger partial charge < -0.3 is 14.8 Å². The molecule has 0 aliphatic carbocycles. The quantitative estimate of drug-likeness (QED) is 0.843. The van der Waals surface area contributed by atoms with E-state index in [4.69, 9.17) is 14.1 Å². The summed E-state index contributed by atoms with van der Waals surface area (Å²) in [6.07, 6.45) is 1.80. The van der Waals surface area contributed by atoms with Crippen molar-refractivity contribution >= 4 is 22.6 Å². The number of amides is 1. The van der Waals surface area contributed by atoms with Crippen molar-refractivity contribution in [3.05, 3.63) is 6.07 Å².